The number of carbonyl (C=O) groups excluding carboxylic acids is 1. The molecule has 1 atom stereocenters. The molecule has 0 N–H and O–H groups in total. The average molecular weight is 392 g/mol. The molecule has 0 saturated carbocycles. The highest BCUT2D eigenvalue weighted by Crippen LogP contribution is 2.52. The van der Waals surface area contributed by atoms with E-state index < -0.39 is 0 Å². The highest BCUT2D eigenvalue weighted by Gasteiger charge is 2.45. The number of piperidine rings is 1. The van der Waals surface area contributed by atoms with Crippen molar-refractivity contribution in [3.05, 3.63) is 65.5 Å². The van der Waals surface area contributed by atoms with Gasteiger partial charge in [-0.05, 0) is 80.3 Å². The molecule has 29 heavy (non-hydrogen) atoms. The Morgan fingerprint density at radius 2 is 1.90 bits per heavy atom. The molecule has 1 aliphatic heterocycles. The van der Waals surface area contributed by atoms with Crippen molar-refractivity contribution in [2.45, 2.75) is 57.4 Å². The summed E-state index contributed by atoms with van der Waals surface area (Å²) in [6, 6.07) is 13.1. The lowest BCUT2D eigenvalue weighted by Gasteiger charge is -2.40. The first-order valence-electron chi connectivity index (χ1n) is 11.1. The van der Waals surface area contributed by atoms with Gasteiger partial charge in [-0.3, -0.25) is 14.7 Å². The van der Waals surface area contributed by atoms with Crippen LogP contribution in [0.2, 0.25) is 0 Å². The zero-order valence-corrected chi connectivity index (χ0v) is 17.8. The Bertz CT molecular complexity index is 823. The van der Waals surface area contributed by atoms with Gasteiger partial charge in [-0.1, -0.05) is 30.3 Å². The van der Waals surface area contributed by atoms with Gasteiger partial charge < -0.3 is 4.90 Å². The number of fused-ring (bicyclic) bond motifs is 2. The van der Waals surface area contributed by atoms with Crippen LogP contribution in [0.25, 0.3) is 0 Å². The largest absolute Gasteiger partial charge is 0.343 e. The van der Waals surface area contributed by atoms with Gasteiger partial charge in [-0.2, -0.15) is 0 Å². The summed E-state index contributed by atoms with van der Waals surface area (Å²) in [6.45, 7) is 8.96. The molecule has 0 unspecified atom stereocenters. The van der Waals surface area contributed by atoms with Crippen molar-refractivity contribution in [3.63, 3.8) is 0 Å². The van der Waals surface area contributed by atoms with E-state index in [1.165, 1.54) is 29.5 Å². The van der Waals surface area contributed by atoms with Crippen LogP contribution in [0.3, 0.4) is 0 Å². The molecule has 154 valence electrons. The molecule has 1 aliphatic carbocycles. The minimum Gasteiger partial charge on any atom is -0.343 e. The third kappa shape index (κ3) is 4.09. The van der Waals surface area contributed by atoms with E-state index in [1.807, 2.05) is 23.4 Å². The molecule has 1 spiro atoms. The van der Waals surface area contributed by atoms with Gasteiger partial charge >= 0.3 is 0 Å². The first kappa shape index (κ1) is 20.1. The summed E-state index contributed by atoms with van der Waals surface area (Å²) in [6.07, 6.45) is 7.95. The van der Waals surface area contributed by atoms with Crippen molar-refractivity contribution in [1.29, 1.82) is 0 Å². The number of carbonyl (C=O) groups is 1. The third-order valence-corrected chi connectivity index (χ3v) is 7.09. The van der Waals surface area contributed by atoms with Gasteiger partial charge in [0, 0.05) is 38.4 Å². The fraction of sp³-hybridized carbons (Fsp3) is 0.520. The Kier molecular flexibility index (Phi) is 6.00. The van der Waals surface area contributed by atoms with Crippen molar-refractivity contribution in [2.24, 2.45) is 0 Å². The molecule has 0 radical (unpaired) electrons. The molecule has 4 heteroatoms. The van der Waals surface area contributed by atoms with Crippen LogP contribution in [-0.4, -0.2) is 46.9 Å². The lowest BCUT2D eigenvalue weighted by atomic mass is 9.73. The van der Waals surface area contributed by atoms with Crippen LogP contribution >= 0.6 is 0 Å². The summed E-state index contributed by atoms with van der Waals surface area (Å²) in [5.74, 6) is 0.671. The van der Waals surface area contributed by atoms with Crippen LogP contribution in [0.5, 0.6) is 0 Å². The first-order valence-corrected chi connectivity index (χ1v) is 11.1. The Morgan fingerprint density at radius 1 is 1.14 bits per heavy atom. The molecule has 4 rings (SSSR count). The van der Waals surface area contributed by atoms with Crippen molar-refractivity contribution >= 4 is 5.91 Å². The molecule has 1 aromatic heterocycles. The van der Waals surface area contributed by atoms with E-state index >= 15 is 0 Å². The summed E-state index contributed by atoms with van der Waals surface area (Å²) >= 11 is 0. The fourth-order valence-corrected chi connectivity index (χ4v) is 5.49. The Labute approximate surface area is 174 Å². The number of likely N-dealkylation sites (tertiary alicyclic amines) is 1. The quantitative estimate of drug-likeness (QED) is 0.734. The van der Waals surface area contributed by atoms with Crippen LogP contribution in [0.4, 0.5) is 0 Å². The number of hydrogen-bond donors (Lipinski definition) is 0. The van der Waals surface area contributed by atoms with Gasteiger partial charge in [-0.25, -0.2) is 0 Å². The number of pyridine rings is 1. The van der Waals surface area contributed by atoms with Crippen LogP contribution < -0.4 is 0 Å². The van der Waals surface area contributed by atoms with E-state index in [1.54, 1.807) is 0 Å². The third-order valence-electron chi connectivity index (χ3n) is 7.09. The van der Waals surface area contributed by atoms with Crippen LogP contribution in [0.15, 0.2) is 48.8 Å². The molecule has 4 nitrogen and oxygen atoms in total. The maximum Gasteiger partial charge on any atom is 0.223 e. The van der Waals surface area contributed by atoms with Gasteiger partial charge in [0.05, 0.1) is 0 Å². The number of rotatable bonds is 6. The maximum atomic E-state index is 12.8. The summed E-state index contributed by atoms with van der Waals surface area (Å²) in [7, 11) is 0. The van der Waals surface area contributed by atoms with Gasteiger partial charge in [0.25, 0.3) is 0 Å². The second-order valence-corrected chi connectivity index (χ2v) is 8.68. The van der Waals surface area contributed by atoms with Crippen molar-refractivity contribution in [2.75, 3.05) is 26.2 Å². The number of benzene rings is 1. The minimum absolute atomic E-state index is 0.246. The van der Waals surface area contributed by atoms with Gasteiger partial charge in [0.2, 0.25) is 5.91 Å². The Balaban J connectivity index is 1.47. The average Bonchev–Trinajstić information content (AvgIpc) is 3.05. The van der Waals surface area contributed by atoms with E-state index in [2.05, 4.69) is 54.1 Å². The summed E-state index contributed by atoms with van der Waals surface area (Å²) in [5, 5.41) is 0. The number of aromatic nitrogens is 1. The number of amides is 1. The lowest BCUT2D eigenvalue weighted by molar-refractivity contribution is -0.131. The second-order valence-electron chi connectivity index (χ2n) is 8.68. The van der Waals surface area contributed by atoms with E-state index in [0.29, 0.717) is 18.2 Å². The predicted molar refractivity (Wildman–Crippen MR) is 117 cm³/mol. The van der Waals surface area contributed by atoms with Crippen LogP contribution in [0.1, 0.15) is 62.1 Å². The van der Waals surface area contributed by atoms with Crippen molar-refractivity contribution in [3.8, 4) is 0 Å². The monoisotopic (exact) mass is 391 g/mol. The van der Waals surface area contributed by atoms with Crippen molar-refractivity contribution in [1.82, 2.24) is 14.8 Å². The van der Waals surface area contributed by atoms with E-state index in [4.69, 9.17) is 0 Å². The first-order chi connectivity index (χ1) is 14.1. The lowest BCUT2D eigenvalue weighted by Crippen LogP contribution is -2.41. The standard InChI is InChI=1S/C25H33N3O/c1-3-28(4-2)24(29)16-21-17-25(23-10-6-5-9-22(21)23)11-14-27(15-12-25)19-20-8-7-13-26-18-20/h5-10,13,18,21H,3-4,11-12,14-17,19H2,1-2H3/t21-/m0/s1. The molecule has 1 amide bonds. The molecule has 1 fully saturated rings. The maximum absolute atomic E-state index is 12.8. The van der Waals surface area contributed by atoms with Crippen molar-refractivity contribution < 1.29 is 4.79 Å². The molecular weight excluding hydrogens is 358 g/mol. The zero-order chi connectivity index (χ0) is 20.3. The molecular formula is C25H33N3O. The zero-order valence-electron chi connectivity index (χ0n) is 17.8. The Hall–Kier alpha value is -2.20. The van der Waals surface area contributed by atoms with Gasteiger partial charge in [0.1, 0.15) is 0 Å². The summed E-state index contributed by atoms with van der Waals surface area (Å²) < 4.78 is 0. The fourth-order valence-electron chi connectivity index (χ4n) is 5.49. The molecule has 2 aromatic rings. The van der Waals surface area contributed by atoms with E-state index in [-0.39, 0.29) is 5.41 Å². The van der Waals surface area contributed by atoms with E-state index in [9.17, 15) is 4.79 Å². The topological polar surface area (TPSA) is 36.4 Å². The van der Waals surface area contributed by atoms with Gasteiger partial charge in [-0.15, -0.1) is 0 Å². The highest BCUT2D eigenvalue weighted by molar-refractivity contribution is 5.77. The summed E-state index contributed by atoms with van der Waals surface area (Å²) in [5.41, 5.74) is 4.47. The van der Waals surface area contributed by atoms with Gasteiger partial charge in [0.15, 0.2) is 0 Å². The minimum atomic E-state index is 0.246. The molecule has 1 saturated heterocycles. The summed E-state index contributed by atoms with van der Waals surface area (Å²) in [4.78, 5) is 21.6. The highest BCUT2D eigenvalue weighted by atomic mass is 16.2. The number of hydrogen-bond acceptors (Lipinski definition) is 3. The van der Waals surface area contributed by atoms with E-state index in [0.717, 1.165) is 39.1 Å². The molecule has 2 heterocycles. The normalized spacial score (nSPS) is 20.6. The molecule has 2 aliphatic rings. The Morgan fingerprint density at radius 3 is 2.59 bits per heavy atom. The number of nitrogens with zero attached hydrogens (tertiary/aromatic N) is 3. The predicted octanol–water partition coefficient (Wildman–Crippen LogP) is 4.36. The second kappa shape index (κ2) is 8.66. The smallest absolute Gasteiger partial charge is 0.223 e. The van der Waals surface area contributed by atoms with Crippen LogP contribution in [0, 0.1) is 0 Å². The molecule has 0 bridgehead atoms. The molecule has 1 aromatic carbocycles. The van der Waals surface area contributed by atoms with Crippen LogP contribution in [-0.2, 0) is 16.8 Å². The SMILES string of the molecule is CCN(CC)C(=O)C[C@H]1CC2(CCN(Cc3cccnc3)CC2)c2ccccc21.